The molecule has 2 heterocycles. The number of anilines is 2. The first-order valence-electron chi connectivity index (χ1n) is 5.05. The van der Waals surface area contributed by atoms with Crippen LogP contribution in [0.3, 0.4) is 0 Å². The molecule has 0 radical (unpaired) electrons. The molecule has 0 aliphatic heterocycles. The predicted molar refractivity (Wildman–Crippen MR) is 65.8 cm³/mol. The number of nitrogens with zero attached hydrogens (tertiary/aromatic N) is 3. The lowest BCUT2D eigenvalue weighted by Gasteiger charge is -2.05. The molecular weight excluding hydrogens is 258 g/mol. The van der Waals surface area contributed by atoms with Gasteiger partial charge < -0.3 is 9.84 Å². The van der Waals surface area contributed by atoms with Crippen molar-refractivity contribution < 1.29 is 9.32 Å². The maximum atomic E-state index is 11.9. The number of amides is 1. The van der Waals surface area contributed by atoms with Gasteiger partial charge in [-0.25, -0.2) is 4.98 Å². The Morgan fingerprint density at radius 3 is 2.89 bits per heavy atom. The van der Waals surface area contributed by atoms with Gasteiger partial charge in [0.1, 0.15) is 5.82 Å². The first kappa shape index (κ1) is 12.3. The Kier molecular flexibility index (Phi) is 3.42. The third-order valence-electron chi connectivity index (χ3n) is 2.10. The Morgan fingerprint density at radius 2 is 2.28 bits per heavy atom. The smallest absolute Gasteiger partial charge is 0.328 e. The van der Waals surface area contributed by atoms with Crippen LogP contribution in [0.25, 0.3) is 0 Å². The zero-order chi connectivity index (χ0) is 13.1. The van der Waals surface area contributed by atoms with E-state index in [1.165, 1.54) is 12.3 Å². The van der Waals surface area contributed by atoms with Gasteiger partial charge in [0.15, 0.2) is 5.82 Å². The summed E-state index contributed by atoms with van der Waals surface area (Å²) in [5.41, 5.74) is 0.270. The van der Waals surface area contributed by atoms with Crippen molar-refractivity contribution >= 4 is 29.3 Å². The zero-order valence-electron chi connectivity index (χ0n) is 9.69. The maximum Gasteiger partial charge on any atom is 0.328 e. The summed E-state index contributed by atoms with van der Waals surface area (Å²) >= 11 is 5.90. The average molecular weight is 268 g/mol. The van der Waals surface area contributed by atoms with Crippen LogP contribution in [0, 0.1) is 6.92 Å². The van der Waals surface area contributed by atoms with Crippen LogP contribution in [0.4, 0.5) is 11.8 Å². The third-order valence-corrected chi connectivity index (χ3v) is 2.41. The Labute approximate surface area is 108 Å². The summed E-state index contributed by atoms with van der Waals surface area (Å²) in [5, 5.41) is 9.07. The Bertz CT molecular complexity index is 583. The zero-order valence-corrected chi connectivity index (χ0v) is 10.4. The molecule has 1 amide bonds. The van der Waals surface area contributed by atoms with Crippen molar-refractivity contribution in [1.29, 1.82) is 0 Å². The molecule has 8 heteroatoms. The normalized spacial score (nSPS) is 10.2. The topological polar surface area (TPSA) is 92.9 Å². The fourth-order valence-corrected chi connectivity index (χ4v) is 1.45. The van der Waals surface area contributed by atoms with Crippen molar-refractivity contribution in [2.45, 2.75) is 6.92 Å². The lowest BCUT2D eigenvalue weighted by molar-refractivity contribution is 0.102. The second-order valence-corrected chi connectivity index (χ2v) is 3.81. The highest BCUT2D eigenvalue weighted by molar-refractivity contribution is 6.34. The Balaban J connectivity index is 2.23. The van der Waals surface area contributed by atoms with E-state index in [0.29, 0.717) is 11.6 Å². The van der Waals surface area contributed by atoms with E-state index in [1.54, 1.807) is 14.0 Å². The molecule has 94 valence electrons. The summed E-state index contributed by atoms with van der Waals surface area (Å²) in [6.07, 6.45) is 1.39. The van der Waals surface area contributed by atoms with Crippen LogP contribution in [-0.2, 0) is 0 Å². The van der Waals surface area contributed by atoms with Crippen LogP contribution in [0.1, 0.15) is 16.2 Å². The van der Waals surface area contributed by atoms with Gasteiger partial charge in [0.05, 0.1) is 10.6 Å². The lowest BCUT2D eigenvalue weighted by Crippen LogP contribution is -2.13. The van der Waals surface area contributed by atoms with E-state index in [1.807, 2.05) is 0 Å². The van der Waals surface area contributed by atoms with E-state index in [9.17, 15) is 4.79 Å². The van der Waals surface area contributed by atoms with Crippen molar-refractivity contribution in [2.24, 2.45) is 0 Å². The first-order valence-corrected chi connectivity index (χ1v) is 5.43. The number of carbonyl (C=O) groups is 1. The minimum absolute atomic E-state index is 0.0244. The molecule has 0 saturated heterocycles. The van der Waals surface area contributed by atoms with Gasteiger partial charge in [0, 0.05) is 13.2 Å². The van der Waals surface area contributed by atoms with Crippen LogP contribution in [0.15, 0.2) is 16.8 Å². The first-order chi connectivity index (χ1) is 8.60. The van der Waals surface area contributed by atoms with E-state index in [2.05, 4.69) is 25.8 Å². The van der Waals surface area contributed by atoms with Crippen molar-refractivity contribution in [1.82, 2.24) is 15.1 Å². The van der Waals surface area contributed by atoms with Crippen LogP contribution in [-0.4, -0.2) is 28.1 Å². The summed E-state index contributed by atoms with van der Waals surface area (Å²) in [4.78, 5) is 19.8. The second-order valence-electron chi connectivity index (χ2n) is 3.40. The van der Waals surface area contributed by atoms with Crippen molar-refractivity contribution in [3.63, 3.8) is 0 Å². The van der Waals surface area contributed by atoms with E-state index in [-0.39, 0.29) is 16.6 Å². The lowest BCUT2D eigenvalue weighted by atomic mass is 10.2. The number of aryl methyl sites for hydroxylation is 1. The summed E-state index contributed by atoms with van der Waals surface area (Å²) < 4.78 is 4.79. The van der Waals surface area contributed by atoms with Gasteiger partial charge in [0.25, 0.3) is 5.91 Å². The standard InChI is InChI=1S/C10H10ClN5O2/c1-5-14-10(18-16-5)15-9(17)6-3-8(12-2)13-4-7(6)11/h3-4H,1-2H3,(H,12,13)(H,14,15,16,17). The molecule has 0 unspecified atom stereocenters. The number of hydrogen-bond acceptors (Lipinski definition) is 6. The highest BCUT2D eigenvalue weighted by Crippen LogP contribution is 2.19. The van der Waals surface area contributed by atoms with Crippen LogP contribution >= 0.6 is 11.6 Å². The number of carbonyl (C=O) groups excluding carboxylic acids is 1. The van der Waals surface area contributed by atoms with E-state index >= 15 is 0 Å². The molecule has 0 aliphatic rings. The number of rotatable bonds is 3. The number of nitrogens with one attached hydrogen (secondary N) is 2. The summed E-state index contributed by atoms with van der Waals surface area (Å²) in [5.74, 6) is 0.524. The van der Waals surface area contributed by atoms with Crippen LogP contribution in [0.2, 0.25) is 5.02 Å². The molecule has 2 aromatic heterocycles. The van der Waals surface area contributed by atoms with Gasteiger partial charge in [-0.1, -0.05) is 16.8 Å². The summed E-state index contributed by atoms with van der Waals surface area (Å²) in [6, 6.07) is 1.55. The molecule has 0 saturated carbocycles. The van der Waals surface area contributed by atoms with Gasteiger partial charge >= 0.3 is 6.01 Å². The van der Waals surface area contributed by atoms with Gasteiger partial charge in [-0.15, -0.1) is 0 Å². The average Bonchev–Trinajstić information content (AvgIpc) is 2.75. The molecule has 2 aromatic rings. The minimum Gasteiger partial charge on any atom is -0.373 e. The molecule has 2 rings (SSSR count). The molecule has 0 bridgehead atoms. The third kappa shape index (κ3) is 2.57. The summed E-state index contributed by atoms with van der Waals surface area (Å²) in [6.45, 7) is 1.65. The van der Waals surface area contributed by atoms with Crippen molar-refractivity contribution in [3.8, 4) is 0 Å². The van der Waals surface area contributed by atoms with E-state index in [0.717, 1.165) is 0 Å². The van der Waals surface area contributed by atoms with Crippen LogP contribution < -0.4 is 10.6 Å². The number of hydrogen-bond donors (Lipinski definition) is 2. The minimum atomic E-state index is -0.442. The summed E-state index contributed by atoms with van der Waals surface area (Å²) in [7, 11) is 1.69. The number of aromatic nitrogens is 3. The molecule has 2 N–H and O–H groups in total. The molecule has 0 spiro atoms. The highest BCUT2D eigenvalue weighted by atomic mass is 35.5. The van der Waals surface area contributed by atoms with Gasteiger partial charge in [-0.2, -0.15) is 4.98 Å². The molecule has 18 heavy (non-hydrogen) atoms. The number of halogens is 1. The van der Waals surface area contributed by atoms with Gasteiger partial charge in [-0.05, 0) is 13.0 Å². The van der Waals surface area contributed by atoms with Crippen molar-refractivity contribution in [3.05, 3.63) is 28.7 Å². The molecule has 0 aliphatic carbocycles. The van der Waals surface area contributed by atoms with E-state index < -0.39 is 5.91 Å². The molecule has 0 atom stereocenters. The SMILES string of the molecule is CNc1cc(C(=O)Nc2nc(C)no2)c(Cl)cn1. The fraction of sp³-hybridized carbons (Fsp3) is 0.200. The Hall–Kier alpha value is -2.15. The molecule has 7 nitrogen and oxygen atoms in total. The number of pyridine rings is 1. The quantitative estimate of drug-likeness (QED) is 0.879. The largest absolute Gasteiger partial charge is 0.373 e. The van der Waals surface area contributed by atoms with Crippen LogP contribution in [0.5, 0.6) is 0 Å². The molecule has 0 fully saturated rings. The molecule has 0 aromatic carbocycles. The monoisotopic (exact) mass is 267 g/mol. The van der Waals surface area contributed by atoms with Gasteiger partial charge in [0.2, 0.25) is 0 Å². The van der Waals surface area contributed by atoms with Gasteiger partial charge in [-0.3, -0.25) is 10.1 Å². The molecular formula is C10H10ClN5O2. The maximum absolute atomic E-state index is 11.9. The van der Waals surface area contributed by atoms with Crippen molar-refractivity contribution in [2.75, 3.05) is 17.7 Å². The van der Waals surface area contributed by atoms with E-state index in [4.69, 9.17) is 16.1 Å². The fourth-order valence-electron chi connectivity index (χ4n) is 1.26. The predicted octanol–water partition coefficient (Wildman–Crippen LogP) is 1.72. The second kappa shape index (κ2) is 5.01. The highest BCUT2D eigenvalue weighted by Gasteiger charge is 2.14. The Morgan fingerprint density at radius 1 is 1.50 bits per heavy atom.